The Hall–Kier alpha value is 0.415. The van der Waals surface area contributed by atoms with Gasteiger partial charge in [-0.1, -0.05) is 12.8 Å². The van der Waals surface area contributed by atoms with Crippen molar-refractivity contribution in [2.75, 3.05) is 6.66 Å². The molecule has 1 aliphatic carbocycles. The van der Waals surface area contributed by atoms with Gasteiger partial charge in [-0.05, 0) is 58.7 Å². The number of hydrogen-bond donors (Lipinski definition) is 0. The summed E-state index contributed by atoms with van der Waals surface area (Å²) in [6.07, 6.45) is 5.29. The van der Waals surface area contributed by atoms with Crippen molar-refractivity contribution < 1.29 is 9.31 Å². The van der Waals surface area contributed by atoms with Gasteiger partial charge in [-0.2, -0.15) is 0 Å². The van der Waals surface area contributed by atoms with Crippen molar-refractivity contribution in [2.45, 2.75) is 76.1 Å². The van der Waals surface area contributed by atoms with E-state index in [2.05, 4.69) is 34.4 Å². The molecule has 0 bridgehead atoms. The molecular weight excluding hydrogens is 230 g/mol. The van der Waals surface area contributed by atoms with Gasteiger partial charge < -0.3 is 9.31 Å². The SMILES string of the molecule is CPC1CCC(B2OC(C)(C)C(C)(C)O2)CC1. The maximum Gasteiger partial charge on any atom is 0.461 e. The lowest BCUT2D eigenvalue weighted by Crippen LogP contribution is -2.41. The average Bonchev–Trinajstić information content (AvgIpc) is 2.48. The molecule has 0 radical (unpaired) electrons. The Labute approximate surface area is 108 Å². The van der Waals surface area contributed by atoms with E-state index in [-0.39, 0.29) is 18.3 Å². The predicted octanol–water partition coefficient (Wildman–Crippen LogP) is 3.70. The van der Waals surface area contributed by atoms with Crippen molar-refractivity contribution in [3.05, 3.63) is 0 Å². The third kappa shape index (κ3) is 2.72. The Morgan fingerprint density at radius 2 is 1.41 bits per heavy atom. The molecule has 98 valence electrons. The van der Waals surface area contributed by atoms with Crippen LogP contribution in [0.5, 0.6) is 0 Å². The number of hydrogen-bond acceptors (Lipinski definition) is 2. The largest absolute Gasteiger partial charge is 0.461 e. The summed E-state index contributed by atoms with van der Waals surface area (Å²) in [4.78, 5) is 0. The highest BCUT2D eigenvalue weighted by Gasteiger charge is 2.53. The van der Waals surface area contributed by atoms with Gasteiger partial charge in [0.1, 0.15) is 0 Å². The van der Waals surface area contributed by atoms with Gasteiger partial charge >= 0.3 is 7.12 Å². The molecule has 2 rings (SSSR count). The van der Waals surface area contributed by atoms with Crippen LogP contribution in [0.1, 0.15) is 53.4 Å². The summed E-state index contributed by atoms with van der Waals surface area (Å²) >= 11 is 0. The Bertz CT molecular complexity index is 257. The first-order valence-corrected chi connectivity index (χ1v) is 8.46. The summed E-state index contributed by atoms with van der Waals surface area (Å²) in [5.41, 5.74) is 0.635. The van der Waals surface area contributed by atoms with Gasteiger partial charge in [-0.15, -0.1) is 8.58 Å². The van der Waals surface area contributed by atoms with E-state index >= 15 is 0 Å². The smallest absolute Gasteiger partial charge is 0.403 e. The second kappa shape index (κ2) is 4.83. The second-order valence-corrected chi connectivity index (χ2v) is 7.92. The summed E-state index contributed by atoms with van der Waals surface area (Å²) in [7, 11) is 1.13. The summed E-state index contributed by atoms with van der Waals surface area (Å²) in [5.74, 6) is 0.614. The van der Waals surface area contributed by atoms with Crippen LogP contribution >= 0.6 is 8.58 Å². The molecule has 2 nitrogen and oxygen atoms in total. The highest BCUT2D eigenvalue weighted by atomic mass is 31.1. The zero-order chi connectivity index (χ0) is 12.7. The maximum atomic E-state index is 6.15. The Morgan fingerprint density at radius 3 is 1.82 bits per heavy atom. The molecule has 0 aromatic rings. The van der Waals surface area contributed by atoms with Crippen LogP contribution < -0.4 is 0 Å². The van der Waals surface area contributed by atoms with E-state index in [4.69, 9.17) is 9.31 Å². The minimum absolute atomic E-state index is 0.0288. The van der Waals surface area contributed by atoms with E-state index < -0.39 is 0 Å². The molecule has 1 saturated heterocycles. The van der Waals surface area contributed by atoms with Gasteiger partial charge in [0.05, 0.1) is 11.2 Å². The molecule has 0 aromatic carbocycles. The second-order valence-electron chi connectivity index (χ2n) is 6.53. The summed E-state index contributed by atoms with van der Waals surface area (Å²) in [6.45, 7) is 10.9. The molecule has 0 N–H and O–H groups in total. The van der Waals surface area contributed by atoms with Crippen molar-refractivity contribution in [1.29, 1.82) is 0 Å². The highest BCUT2D eigenvalue weighted by molar-refractivity contribution is 7.37. The van der Waals surface area contributed by atoms with Crippen molar-refractivity contribution >= 4 is 15.7 Å². The van der Waals surface area contributed by atoms with Crippen LogP contribution in [0.3, 0.4) is 0 Å². The number of rotatable bonds is 2. The van der Waals surface area contributed by atoms with Crippen molar-refractivity contribution in [3.8, 4) is 0 Å². The molecule has 17 heavy (non-hydrogen) atoms. The quantitative estimate of drug-likeness (QED) is 0.554. The van der Waals surface area contributed by atoms with Crippen LogP contribution in [0.4, 0.5) is 0 Å². The van der Waals surface area contributed by atoms with Gasteiger partial charge in [0.15, 0.2) is 0 Å². The standard InChI is InChI=1S/C13H26BO2P/c1-12(2)13(3,4)16-14(15-12)10-6-8-11(17-5)9-7-10/h10-11,17H,6-9H2,1-5H3. The summed E-state index contributed by atoms with van der Waals surface area (Å²) in [6, 6.07) is 0. The summed E-state index contributed by atoms with van der Waals surface area (Å²) < 4.78 is 12.3. The van der Waals surface area contributed by atoms with E-state index in [9.17, 15) is 0 Å². The fraction of sp³-hybridized carbons (Fsp3) is 1.00. The third-order valence-corrected chi connectivity index (χ3v) is 6.23. The minimum atomic E-state index is -0.166. The zero-order valence-corrected chi connectivity index (χ0v) is 12.9. The molecular formula is C13H26BO2P. The van der Waals surface area contributed by atoms with E-state index in [1.54, 1.807) is 0 Å². The summed E-state index contributed by atoms with van der Waals surface area (Å²) in [5, 5.41) is 0. The van der Waals surface area contributed by atoms with E-state index in [0.29, 0.717) is 5.82 Å². The minimum Gasteiger partial charge on any atom is -0.403 e. The molecule has 0 spiro atoms. The third-order valence-electron chi connectivity index (χ3n) is 4.84. The van der Waals surface area contributed by atoms with Crippen LogP contribution in [-0.2, 0) is 9.31 Å². The van der Waals surface area contributed by atoms with Crippen LogP contribution in [-0.4, -0.2) is 30.6 Å². The van der Waals surface area contributed by atoms with Crippen molar-refractivity contribution in [3.63, 3.8) is 0 Å². The van der Waals surface area contributed by atoms with E-state index in [1.165, 1.54) is 25.7 Å². The van der Waals surface area contributed by atoms with E-state index in [1.807, 2.05) is 0 Å². The topological polar surface area (TPSA) is 18.5 Å². The molecule has 1 atom stereocenters. The molecule has 0 amide bonds. The monoisotopic (exact) mass is 256 g/mol. The lowest BCUT2D eigenvalue weighted by Gasteiger charge is -2.32. The lowest BCUT2D eigenvalue weighted by molar-refractivity contribution is 0.00578. The van der Waals surface area contributed by atoms with Gasteiger partial charge in [0.2, 0.25) is 0 Å². The van der Waals surface area contributed by atoms with Crippen LogP contribution in [0, 0.1) is 0 Å². The molecule has 2 fully saturated rings. The predicted molar refractivity (Wildman–Crippen MR) is 76.3 cm³/mol. The van der Waals surface area contributed by atoms with Crippen molar-refractivity contribution in [2.24, 2.45) is 0 Å². The zero-order valence-electron chi connectivity index (χ0n) is 11.9. The molecule has 1 aliphatic heterocycles. The van der Waals surface area contributed by atoms with Crippen LogP contribution in [0.2, 0.25) is 5.82 Å². The molecule has 1 heterocycles. The fourth-order valence-corrected chi connectivity index (χ4v) is 3.67. The van der Waals surface area contributed by atoms with Crippen LogP contribution in [0.15, 0.2) is 0 Å². The first-order valence-electron chi connectivity index (χ1n) is 6.88. The first kappa shape index (κ1) is 13.8. The maximum absolute atomic E-state index is 6.15. The van der Waals surface area contributed by atoms with Gasteiger partial charge in [0.25, 0.3) is 0 Å². The van der Waals surface area contributed by atoms with Crippen LogP contribution in [0.25, 0.3) is 0 Å². The van der Waals surface area contributed by atoms with Gasteiger partial charge in [0, 0.05) is 0 Å². The average molecular weight is 256 g/mol. The van der Waals surface area contributed by atoms with Gasteiger partial charge in [-0.3, -0.25) is 0 Å². The first-order chi connectivity index (χ1) is 7.86. The molecule has 1 saturated carbocycles. The fourth-order valence-electron chi connectivity index (χ4n) is 2.76. The Balaban J connectivity index is 1.94. The normalized spacial score (nSPS) is 36.9. The Morgan fingerprint density at radius 1 is 0.941 bits per heavy atom. The lowest BCUT2D eigenvalue weighted by atomic mass is 9.64. The highest BCUT2D eigenvalue weighted by Crippen LogP contribution is 2.45. The van der Waals surface area contributed by atoms with E-state index in [0.717, 1.165) is 14.2 Å². The van der Waals surface area contributed by atoms with Gasteiger partial charge in [-0.25, -0.2) is 0 Å². The Kier molecular flexibility index (Phi) is 3.93. The molecule has 4 heteroatoms. The molecule has 2 aliphatic rings. The molecule has 0 aromatic heterocycles. The molecule has 1 unspecified atom stereocenters. The van der Waals surface area contributed by atoms with Crippen molar-refractivity contribution in [1.82, 2.24) is 0 Å².